The number of aldehydes is 1. The third-order valence-electron chi connectivity index (χ3n) is 5.30. The van der Waals surface area contributed by atoms with Gasteiger partial charge in [0, 0.05) is 31.1 Å². The van der Waals surface area contributed by atoms with Gasteiger partial charge in [-0.3, -0.25) is 29.3 Å². The van der Waals surface area contributed by atoms with Crippen molar-refractivity contribution in [2.75, 3.05) is 7.05 Å². The van der Waals surface area contributed by atoms with Gasteiger partial charge in [-0.2, -0.15) is 8.78 Å². The third-order valence-corrected chi connectivity index (χ3v) is 5.30. The van der Waals surface area contributed by atoms with Crippen LogP contribution in [0.1, 0.15) is 49.5 Å². The number of hydrogen-bond donors (Lipinski definition) is 2. The Morgan fingerprint density at radius 3 is 2.65 bits per heavy atom. The lowest BCUT2D eigenvalue weighted by Crippen LogP contribution is -2.53. The van der Waals surface area contributed by atoms with E-state index in [-0.39, 0.29) is 41.8 Å². The molecule has 2 aromatic rings. The molecule has 0 bridgehead atoms. The minimum atomic E-state index is -3.04. The van der Waals surface area contributed by atoms with E-state index >= 15 is 0 Å². The van der Waals surface area contributed by atoms with E-state index in [0.717, 1.165) is 6.07 Å². The first kappa shape index (κ1) is 24.5. The van der Waals surface area contributed by atoms with Crippen molar-refractivity contribution in [3.8, 4) is 5.75 Å². The molecule has 3 rings (SSSR count). The summed E-state index contributed by atoms with van der Waals surface area (Å²) in [7, 11) is 1.40. The van der Waals surface area contributed by atoms with Gasteiger partial charge in [-0.05, 0) is 36.2 Å². The summed E-state index contributed by atoms with van der Waals surface area (Å²) in [5, 5.41) is 4.75. The fourth-order valence-corrected chi connectivity index (χ4v) is 3.57. The highest BCUT2D eigenvalue weighted by atomic mass is 19.3. The predicted octanol–water partition coefficient (Wildman–Crippen LogP) is 1.91. The maximum atomic E-state index is 13.0. The predicted molar refractivity (Wildman–Crippen MR) is 114 cm³/mol. The molecule has 1 heterocycles. The molecule has 1 aliphatic heterocycles. The van der Waals surface area contributed by atoms with Crippen LogP contribution in [0.25, 0.3) is 0 Å². The van der Waals surface area contributed by atoms with Crippen LogP contribution in [-0.4, -0.2) is 54.5 Å². The fraction of sp³-hybridized carbons (Fsp3) is 0.261. The summed E-state index contributed by atoms with van der Waals surface area (Å²) in [6.07, 6.45) is 0.724. The van der Waals surface area contributed by atoms with E-state index in [1.807, 2.05) is 0 Å². The molecule has 34 heavy (non-hydrogen) atoms. The zero-order valence-electron chi connectivity index (χ0n) is 18.0. The minimum absolute atomic E-state index is 0.0290. The number of halogens is 2. The van der Waals surface area contributed by atoms with Crippen molar-refractivity contribution in [2.24, 2.45) is 0 Å². The molecule has 178 valence electrons. The Kier molecular flexibility index (Phi) is 7.67. The van der Waals surface area contributed by atoms with E-state index in [2.05, 4.69) is 15.4 Å². The van der Waals surface area contributed by atoms with Crippen molar-refractivity contribution in [1.82, 2.24) is 15.5 Å². The molecule has 1 atom stereocenters. The number of alkyl halides is 2. The molecule has 4 amide bonds. The fourth-order valence-electron chi connectivity index (χ4n) is 3.57. The molecule has 0 saturated carbocycles. The molecule has 1 aliphatic rings. The first-order valence-corrected chi connectivity index (χ1v) is 10.2. The van der Waals surface area contributed by atoms with Crippen LogP contribution in [0, 0.1) is 0 Å². The van der Waals surface area contributed by atoms with Crippen molar-refractivity contribution in [3.63, 3.8) is 0 Å². The molecule has 1 unspecified atom stereocenters. The molecular weight excluding hydrogens is 452 g/mol. The Labute approximate surface area is 193 Å². The van der Waals surface area contributed by atoms with Gasteiger partial charge >= 0.3 is 6.61 Å². The monoisotopic (exact) mass is 473 g/mol. The summed E-state index contributed by atoms with van der Waals surface area (Å²) < 4.78 is 29.1. The summed E-state index contributed by atoms with van der Waals surface area (Å²) >= 11 is 0. The number of likely N-dealkylation sites (N-methyl/N-ethyl adjacent to an activating group) is 1. The van der Waals surface area contributed by atoms with Crippen LogP contribution in [0.3, 0.4) is 0 Å². The Balaban J connectivity index is 1.75. The number of amides is 4. The van der Waals surface area contributed by atoms with E-state index in [4.69, 9.17) is 0 Å². The van der Waals surface area contributed by atoms with Crippen molar-refractivity contribution in [2.45, 2.75) is 32.0 Å². The highest BCUT2D eigenvalue weighted by Gasteiger charge is 2.33. The number of nitrogens with zero attached hydrogens (tertiary/aromatic N) is 1. The third kappa shape index (κ3) is 5.61. The average Bonchev–Trinajstić information content (AvgIpc) is 2.81. The molecule has 0 aromatic heterocycles. The lowest BCUT2D eigenvalue weighted by atomic mass is 9.98. The standard InChI is InChI=1S/C23H21F2N3O6/c1-28(18-8-9-19(30)27-21(18)32)22(33)16-7-3-5-14(17(16)12-29)11-26-20(31)13-4-2-6-15(10-13)34-23(24)25/h2-7,10,12,18,23H,8-9,11H2,1H3,(H,26,31)(H,27,30,32). The molecule has 2 aromatic carbocycles. The number of hydrogen-bond acceptors (Lipinski definition) is 6. The van der Waals surface area contributed by atoms with Crippen molar-refractivity contribution in [3.05, 3.63) is 64.7 Å². The number of benzene rings is 2. The Morgan fingerprint density at radius 1 is 1.24 bits per heavy atom. The van der Waals surface area contributed by atoms with Crippen molar-refractivity contribution < 1.29 is 37.5 Å². The van der Waals surface area contributed by atoms with E-state index in [0.29, 0.717) is 11.8 Å². The molecule has 1 saturated heterocycles. The van der Waals surface area contributed by atoms with Gasteiger partial charge < -0.3 is 15.0 Å². The van der Waals surface area contributed by atoms with Crippen molar-refractivity contribution in [1.29, 1.82) is 0 Å². The maximum Gasteiger partial charge on any atom is 0.387 e. The smallest absolute Gasteiger partial charge is 0.387 e. The van der Waals surface area contributed by atoms with Gasteiger partial charge in [0.05, 0.1) is 5.56 Å². The summed E-state index contributed by atoms with van der Waals surface area (Å²) in [6.45, 7) is -3.16. The summed E-state index contributed by atoms with van der Waals surface area (Å²) in [6, 6.07) is 8.84. The Hall–Kier alpha value is -4.15. The number of piperidine rings is 1. The number of nitrogens with one attached hydrogen (secondary N) is 2. The Morgan fingerprint density at radius 2 is 1.97 bits per heavy atom. The molecule has 0 radical (unpaired) electrons. The van der Waals surface area contributed by atoms with Gasteiger partial charge in [0.1, 0.15) is 11.8 Å². The summed E-state index contributed by atoms with van der Waals surface area (Å²) in [5.74, 6) is -2.39. The molecular formula is C23H21F2N3O6. The molecule has 9 nitrogen and oxygen atoms in total. The number of carbonyl (C=O) groups excluding carboxylic acids is 5. The van der Waals surface area contributed by atoms with Crippen molar-refractivity contribution >= 4 is 29.9 Å². The normalized spacial score (nSPS) is 15.5. The van der Waals surface area contributed by atoms with Gasteiger partial charge in [0.2, 0.25) is 11.8 Å². The number of ether oxygens (including phenoxy) is 1. The topological polar surface area (TPSA) is 122 Å². The van der Waals surface area contributed by atoms with Crippen LogP contribution in [0.15, 0.2) is 42.5 Å². The van der Waals surface area contributed by atoms with Gasteiger partial charge in [0.25, 0.3) is 11.8 Å². The van der Waals surface area contributed by atoms with E-state index in [1.54, 1.807) is 6.07 Å². The molecule has 2 N–H and O–H groups in total. The lowest BCUT2D eigenvalue weighted by molar-refractivity contribution is -0.136. The van der Waals surface area contributed by atoms with Crippen LogP contribution in [0.2, 0.25) is 0 Å². The summed E-state index contributed by atoms with van der Waals surface area (Å²) in [5.41, 5.74) is 0.462. The molecule has 0 spiro atoms. The zero-order chi connectivity index (χ0) is 24.8. The SMILES string of the molecule is CN(C(=O)c1cccc(CNC(=O)c2cccc(OC(F)F)c2)c1C=O)C1CCC(=O)NC1=O. The molecule has 11 heteroatoms. The van der Waals surface area contributed by atoms with Crippen LogP contribution < -0.4 is 15.4 Å². The van der Waals surface area contributed by atoms with Crippen LogP contribution >= 0.6 is 0 Å². The quantitative estimate of drug-likeness (QED) is 0.446. The van der Waals surface area contributed by atoms with E-state index in [9.17, 15) is 32.8 Å². The molecule has 1 fully saturated rings. The highest BCUT2D eigenvalue weighted by molar-refractivity contribution is 6.06. The van der Waals surface area contributed by atoms with Crippen LogP contribution in [-0.2, 0) is 16.1 Å². The second kappa shape index (κ2) is 10.6. The first-order chi connectivity index (χ1) is 16.2. The number of carbonyl (C=O) groups is 5. The number of rotatable bonds is 8. The van der Waals surface area contributed by atoms with Gasteiger partial charge in [-0.1, -0.05) is 18.2 Å². The minimum Gasteiger partial charge on any atom is -0.435 e. The van der Waals surface area contributed by atoms with Gasteiger partial charge in [0.15, 0.2) is 6.29 Å². The van der Waals surface area contributed by atoms with E-state index < -0.39 is 36.3 Å². The van der Waals surface area contributed by atoms with E-state index in [1.165, 1.54) is 42.3 Å². The second-order valence-electron chi connectivity index (χ2n) is 7.47. The summed E-state index contributed by atoms with van der Waals surface area (Å²) in [4.78, 5) is 62.0. The molecule has 0 aliphatic carbocycles. The average molecular weight is 473 g/mol. The van der Waals surface area contributed by atoms with Gasteiger partial charge in [-0.25, -0.2) is 0 Å². The second-order valence-corrected chi connectivity index (χ2v) is 7.47. The van der Waals surface area contributed by atoms with Crippen LogP contribution in [0.4, 0.5) is 8.78 Å². The van der Waals surface area contributed by atoms with Gasteiger partial charge in [-0.15, -0.1) is 0 Å². The Bertz CT molecular complexity index is 1140. The largest absolute Gasteiger partial charge is 0.435 e. The first-order valence-electron chi connectivity index (χ1n) is 10.2. The lowest BCUT2D eigenvalue weighted by Gasteiger charge is -2.30. The maximum absolute atomic E-state index is 13.0. The van der Waals surface area contributed by atoms with Crippen LogP contribution in [0.5, 0.6) is 5.75 Å². The highest BCUT2D eigenvalue weighted by Crippen LogP contribution is 2.20. The number of imide groups is 1. The zero-order valence-corrected chi connectivity index (χ0v) is 18.0.